The number of hydrogen-bond acceptors (Lipinski definition) is 3. The van der Waals surface area contributed by atoms with Crippen molar-refractivity contribution in [3.8, 4) is 5.75 Å². The number of methoxy groups -OCH3 is 1. The molecule has 1 rings (SSSR count). The summed E-state index contributed by atoms with van der Waals surface area (Å²) in [6.45, 7) is 2.90. The van der Waals surface area contributed by atoms with Crippen LogP contribution < -0.4 is 4.74 Å². The molecule has 2 unspecified atom stereocenters. The predicted molar refractivity (Wildman–Crippen MR) is 63.2 cm³/mol. The number of carbonyl (C=O) groups is 2. The Hall–Kier alpha value is -1.91. The van der Waals surface area contributed by atoms with Gasteiger partial charge in [-0.05, 0) is 12.1 Å². The van der Waals surface area contributed by atoms with Gasteiger partial charge >= 0.3 is 5.97 Å². The molecule has 5 heteroatoms. The monoisotopic (exact) mass is 254 g/mol. The summed E-state index contributed by atoms with van der Waals surface area (Å²) in [5.74, 6) is -3.65. The smallest absolute Gasteiger partial charge is 0.306 e. The molecule has 1 aromatic carbocycles. The van der Waals surface area contributed by atoms with Gasteiger partial charge in [-0.15, -0.1) is 0 Å². The zero-order valence-corrected chi connectivity index (χ0v) is 10.4. The van der Waals surface area contributed by atoms with Gasteiger partial charge in [-0.1, -0.05) is 13.8 Å². The van der Waals surface area contributed by atoms with E-state index in [-0.39, 0.29) is 5.56 Å². The summed E-state index contributed by atoms with van der Waals surface area (Å²) in [6, 6.07) is 3.88. The topological polar surface area (TPSA) is 63.6 Å². The van der Waals surface area contributed by atoms with Crippen LogP contribution in [0.15, 0.2) is 18.2 Å². The van der Waals surface area contributed by atoms with E-state index in [4.69, 9.17) is 9.84 Å². The lowest BCUT2D eigenvalue weighted by atomic mass is 9.88. The van der Waals surface area contributed by atoms with Gasteiger partial charge in [0.05, 0.1) is 18.6 Å². The minimum absolute atomic E-state index is 0.114. The van der Waals surface area contributed by atoms with Crippen molar-refractivity contribution in [1.29, 1.82) is 0 Å². The van der Waals surface area contributed by atoms with E-state index in [0.29, 0.717) is 5.75 Å². The zero-order valence-electron chi connectivity index (χ0n) is 10.4. The Balaban J connectivity index is 3.00. The van der Waals surface area contributed by atoms with Crippen LogP contribution >= 0.6 is 0 Å². The van der Waals surface area contributed by atoms with Crippen LogP contribution in [0.5, 0.6) is 5.75 Å². The van der Waals surface area contributed by atoms with Crippen molar-refractivity contribution in [1.82, 2.24) is 0 Å². The fourth-order valence-electron chi connectivity index (χ4n) is 1.51. The number of carboxylic acids is 1. The van der Waals surface area contributed by atoms with Gasteiger partial charge in [0.2, 0.25) is 0 Å². The molecule has 18 heavy (non-hydrogen) atoms. The normalized spacial score (nSPS) is 13.8. The molecule has 0 fully saturated rings. The van der Waals surface area contributed by atoms with Crippen LogP contribution in [0.1, 0.15) is 24.2 Å². The summed E-state index contributed by atoms with van der Waals surface area (Å²) in [6.07, 6.45) is 0. The summed E-state index contributed by atoms with van der Waals surface area (Å²) in [7, 11) is 1.39. The number of hydrogen-bond donors (Lipinski definition) is 1. The van der Waals surface area contributed by atoms with Crippen LogP contribution in [-0.2, 0) is 4.79 Å². The highest BCUT2D eigenvalue weighted by Crippen LogP contribution is 2.22. The lowest BCUT2D eigenvalue weighted by Crippen LogP contribution is -2.26. The Morgan fingerprint density at radius 1 is 1.28 bits per heavy atom. The first-order chi connectivity index (χ1) is 8.38. The molecular formula is C13H15FO4. The van der Waals surface area contributed by atoms with Crippen molar-refractivity contribution < 1.29 is 23.8 Å². The molecule has 0 heterocycles. The van der Waals surface area contributed by atoms with Crippen LogP contribution in [0.4, 0.5) is 4.39 Å². The maximum atomic E-state index is 13.7. The van der Waals surface area contributed by atoms with Gasteiger partial charge in [0.25, 0.3) is 0 Å². The molecule has 0 aliphatic rings. The Morgan fingerprint density at radius 3 is 2.33 bits per heavy atom. The molecule has 0 saturated carbocycles. The van der Waals surface area contributed by atoms with Gasteiger partial charge in [0.15, 0.2) is 5.78 Å². The number of rotatable bonds is 5. The lowest BCUT2D eigenvalue weighted by Gasteiger charge is -2.15. The summed E-state index contributed by atoms with van der Waals surface area (Å²) >= 11 is 0. The highest BCUT2D eigenvalue weighted by Gasteiger charge is 2.28. The molecule has 0 aliphatic carbocycles. The van der Waals surface area contributed by atoms with E-state index in [1.165, 1.54) is 33.1 Å². The molecule has 0 radical (unpaired) electrons. The second kappa shape index (κ2) is 5.62. The minimum Gasteiger partial charge on any atom is -0.497 e. The minimum atomic E-state index is -1.08. The average Bonchev–Trinajstić information content (AvgIpc) is 2.35. The van der Waals surface area contributed by atoms with E-state index in [1.54, 1.807) is 0 Å². The van der Waals surface area contributed by atoms with Crippen LogP contribution in [0, 0.1) is 17.7 Å². The first-order valence-electron chi connectivity index (χ1n) is 5.49. The van der Waals surface area contributed by atoms with Crippen LogP contribution in [-0.4, -0.2) is 24.0 Å². The third-order valence-corrected chi connectivity index (χ3v) is 2.99. The average molecular weight is 254 g/mol. The van der Waals surface area contributed by atoms with E-state index < -0.39 is 29.4 Å². The fraction of sp³-hybridized carbons (Fsp3) is 0.385. The molecule has 1 aromatic rings. The maximum Gasteiger partial charge on any atom is 0.306 e. The molecule has 0 spiro atoms. The van der Waals surface area contributed by atoms with Gasteiger partial charge in [-0.2, -0.15) is 0 Å². The van der Waals surface area contributed by atoms with Crippen LogP contribution in [0.3, 0.4) is 0 Å². The summed E-state index contributed by atoms with van der Waals surface area (Å²) in [5, 5.41) is 8.83. The first kappa shape index (κ1) is 14.2. The quantitative estimate of drug-likeness (QED) is 0.819. The van der Waals surface area contributed by atoms with Crippen LogP contribution in [0.25, 0.3) is 0 Å². The number of ketones is 1. The molecule has 4 nitrogen and oxygen atoms in total. The van der Waals surface area contributed by atoms with Gasteiger partial charge in [-0.3, -0.25) is 9.59 Å². The predicted octanol–water partition coefficient (Wildman–Crippen LogP) is 2.37. The molecule has 0 aliphatic heterocycles. The summed E-state index contributed by atoms with van der Waals surface area (Å²) in [5.41, 5.74) is -0.114. The number of carboxylic acid groups (broad SMARTS) is 1. The third-order valence-electron chi connectivity index (χ3n) is 2.99. The van der Waals surface area contributed by atoms with Gasteiger partial charge in [0.1, 0.15) is 11.6 Å². The largest absolute Gasteiger partial charge is 0.497 e. The van der Waals surface area contributed by atoms with Crippen LogP contribution in [0.2, 0.25) is 0 Å². The Labute approximate surface area is 104 Å². The number of halogens is 1. The van der Waals surface area contributed by atoms with Gasteiger partial charge < -0.3 is 9.84 Å². The Kier molecular flexibility index (Phi) is 4.42. The summed E-state index contributed by atoms with van der Waals surface area (Å²) in [4.78, 5) is 22.8. The number of benzene rings is 1. The maximum absolute atomic E-state index is 13.7. The van der Waals surface area contributed by atoms with Crippen molar-refractivity contribution in [2.75, 3.05) is 7.11 Å². The van der Waals surface area contributed by atoms with Crippen molar-refractivity contribution in [3.05, 3.63) is 29.6 Å². The van der Waals surface area contributed by atoms with E-state index in [9.17, 15) is 14.0 Å². The fourth-order valence-corrected chi connectivity index (χ4v) is 1.51. The van der Waals surface area contributed by atoms with E-state index in [2.05, 4.69) is 0 Å². The van der Waals surface area contributed by atoms with Crippen molar-refractivity contribution in [2.24, 2.45) is 11.8 Å². The van der Waals surface area contributed by atoms with Crippen molar-refractivity contribution in [2.45, 2.75) is 13.8 Å². The molecule has 0 aromatic heterocycles. The molecule has 98 valence electrons. The van der Waals surface area contributed by atoms with E-state index in [1.807, 2.05) is 0 Å². The second-order valence-corrected chi connectivity index (χ2v) is 4.13. The molecule has 0 saturated heterocycles. The van der Waals surface area contributed by atoms with E-state index >= 15 is 0 Å². The SMILES string of the molecule is COc1ccc(C(=O)C(C)C(C)C(=O)O)c(F)c1. The molecule has 1 N–H and O–H groups in total. The highest BCUT2D eigenvalue weighted by atomic mass is 19.1. The molecular weight excluding hydrogens is 239 g/mol. The number of aliphatic carboxylic acids is 1. The van der Waals surface area contributed by atoms with Crippen molar-refractivity contribution >= 4 is 11.8 Å². The second-order valence-electron chi connectivity index (χ2n) is 4.13. The molecule has 2 atom stereocenters. The van der Waals surface area contributed by atoms with E-state index in [0.717, 1.165) is 6.07 Å². The Bertz CT molecular complexity index is 470. The summed E-state index contributed by atoms with van der Waals surface area (Å²) < 4.78 is 18.5. The lowest BCUT2D eigenvalue weighted by molar-refractivity contribution is -0.142. The highest BCUT2D eigenvalue weighted by molar-refractivity contribution is 5.99. The molecule has 0 amide bonds. The first-order valence-corrected chi connectivity index (χ1v) is 5.49. The zero-order chi connectivity index (χ0) is 13.9. The third kappa shape index (κ3) is 2.85. The Morgan fingerprint density at radius 2 is 1.89 bits per heavy atom. The number of carbonyl (C=O) groups excluding carboxylic acids is 1. The van der Waals surface area contributed by atoms with Crippen molar-refractivity contribution in [3.63, 3.8) is 0 Å². The van der Waals surface area contributed by atoms with Gasteiger partial charge in [-0.25, -0.2) is 4.39 Å². The van der Waals surface area contributed by atoms with Gasteiger partial charge in [0, 0.05) is 12.0 Å². The standard InChI is InChI=1S/C13H15FO4/c1-7(8(2)13(16)17)12(15)10-5-4-9(18-3)6-11(10)14/h4-8H,1-3H3,(H,16,17). The number of Topliss-reactive ketones (excluding diaryl/α,β-unsaturated/α-hetero) is 1. The molecule has 0 bridgehead atoms. The number of ether oxygens (including phenoxy) is 1.